The van der Waals surface area contributed by atoms with E-state index < -0.39 is 18.5 Å². The SMILES string of the molecule is Cc1noc(C)c1COc1ccc(C(=O)OCC(=O)Nc2ccc3c(c2)OCCO3)cc1. The van der Waals surface area contributed by atoms with Gasteiger partial charge in [-0.2, -0.15) is 0 Å². The molecular weight excluding hydrogens is 416 g/mol. The van der Waals surface area contributed by atoms with Gasteiger partial charge in [-0.05, 0) is 50.2 Å². The number of aryl methyl sites for hydroxylation is 2. The molecule has 0 bridgehead atoms. The fourth-order valence-electron chi connectivity index (χ4n) is 3.08. The van der Waals surface area contributed by atoms with Gasteiger partial charge in [0.15, 0.2) is 18.1 Å². The highest BCUT2D eigenvalue weighted by Crippen LogP contribution is 2.32. The fourth-order valence-corrected chi connectivity index (χ4v) is 3.08. The quantitative estimate of drug-likeness (QED) is 0.559. The Bertz CT molecular complexity index is 1100. The lowest BCUT2D eigenvalue weighted by Gasteiger charge is -2.19. The third-order valence-electron chi connectivity index (χ3n) is 4.81. The van der Waals surface area contributed by atoms with Crippen LogP contribution in [0.15, 0.2) is 47.0 Å². The number of rotatable bonds is 7. The van der Waals surface area contributed by atoms with E-state index in [9.17, 15) is 9.59 Å². The summed E-state index contributed by atoms with van der Waals surface area (Å²) in [5.74, 6) is 1.40. The Hall–Kier alpha value is -4.01. The largest absolute Gasteiger partial charge is 0.489 e. The first-order chi connectivity index (χ1) is 15.5. The van der Waals surface area contributed by atoms with Crippen LogP contribution in [0.5, 0.6) is 17.2 Å². The standard InChI is InChI=1S/C23H22N2O7/c1-14-19(15(2)32-25-14)12-30-18-6-3-16(4-7-18)23(27)31-13-22(26)24-17-5-8-20-21(11-17)29-10-9-28-20/h3-8,11H,9-10,12-13H2,1-2H3,(H,24,26). The number of amides is 1. The molecule has 0 fully saturated rings. The van der Waals surface area contributed by atoms with Crippen molar-refractivity contribution in [3.63, 3.8) is 0 Å². The van der Waals surface area contributed by atoms with Gasteiger partial charge in [0, 0.05) is 11.8 Å². The Kier molecular flexibility index (Phi) is 6.25. The van der Waals surface area contributed by atoms with Gasteiger partial charge in [0.25, 0.3) is 5.91 Å². The number of fused-ring (bicyclic) bond motifs is 1. The van der Waals surface area contributed by atoms with Gasteiger partial charge in [0.1, 0.15) is 31.3 Å². The fraction of sp³-hybridized carbons (Fsp3) is 0.261. The van der Waals surface area contributed by atoms with Crippen molar-refractivity contribution in [1.82, 2.24) is 5.16 Å². The molecule has 3 aromatic rings. The maximum Gasteiger partial charge on any atom is 0.338 e. The number of carbonyl (C=O) groups excluding carboxylic acids is 2. The second-order valence-corrected chi connectivity index (χ2v) is 7.10. The van der Waals surface area contributed by atoms with Crippen molar-refractivity contribution < 1.29 is 33.1 Å². The van der Waals surface area contributed by atoms with Gasteiger partial charge in [0.05, 0.1) is 16.8 Å². The first-order valence-corrected chi connectivity index (χ1v) is 10.0. The number of anilines is 1. The lowest BCUT2D eigenvalue weighted by atomic mass is 10.2. The van der Waals surface area contributed by atoms with Crippen molar-refractivity contribution in [3.8, 4) is 17.2 Å². The maximum absolute atomic E-state index is 12.2. The van der Waals surface area contributed by atoms with Crippen LogP contribution >= 0.6 is 0 Å². The second-order valence-electron chi connectivity index (χ2n) is 7.10. The summed E-state index contributed by atoms with van der Waals surface area (Å²) in [7, 11) is 0. The van der Waals surface area contributed by atoms with Crippen molar-refractivity contribution in [1.29, 1.82) is 0 Å². The minimum absolute atomic E-state index is 0.307. The van der Waals surface area contributed by atoms with E-state index in [0.29, 0.717) is 54.1 Å². The zero-order chi connectivity index (χ0) is 22.5. The highest BCUT2D eigenvalue weighted by molar-refractivity contribution is 5.95. The van der Waals surface area contributed by atoms with Crippen LogP contribution < -0.4 is 19.5 Å². The average molecular weight is 438 g/mol. The summed E-state index contributed by atoms with van der Waals surface area (Å²) in [6, 6.07) is 11.5. The van der Waals surface area contributed by atoms with E-state index in [1.165, 1.54) is 0 Å². The number of ether oxygens (including phenoxy) is 4. The lowest BCUT2D eigenvalue weighted by molar-refractivity contribution is -0.119. The minimum Gasteiger partial charge on any atom is -0.489 e. The number of esters is 1. The molecule has 9 heteroatoms. The third kappa shape index (κ3) is 5.00. The van der Waals surface area contributed by atoms with E-state index in [4.69, 9.17) is 23.5 Å². The van der Waals surface area contributed by atoms with Crippen molar-refractivity contribution in [2.24, 2.45) is 0 Å². The molecule has 0 radical (unpaired) electrons. The molecule has 0 spiro atoms. The number of benzene rings is 2. The molecule has 9 nitrogen and oxygen atoms in total. The summed E-state index contributed by atoms with van der Waals surface area (Å²) in [5, 5.41) is 6.55. The predicted octanol–water partition coefficient (Wildman–Crippen LogP) is 3.44. The Balaban J connectivity index is 1.26. The van der Waals surface area contributed by atoms with E-state index in [-0.39, 0.29) is 0 Å². The van der Waals surface area contributed by atoms with Gasteiger partial charge in [-0.15, -0.1) is 0 Å². The maximum atomic E-state index is 12.2. The Morgan fingerprint density at radius 3 is 2.50 bits per heavy atom. The predicted molar refractivity (Wildman–Crippen MR) is 113 cm³/mol. The molecule has 1 aromatic heterocycles. The Labute approximate surface area is 184 Å². The van der Waals surface area contributed by atoms with Gasteiger partial charge in [-0.3, -0.25) is 4.79 Å². The molecule has 32 heavy (non-hydrogen) atoms. The number of nitrogens with zero attached hydrogens (tertiary/aromatic N) is 1. The van der Waals surface area contributed by atoms with Crippen molar-refractivity contribution in [3.05, 3.63) is 65.0 Å². The molecule has 2 aromatic carbocycles. The van der Waals surface area contributed by atoms with Crippen LogP contribution in [-0.4, -0.2) is 36.9 Å². The summed E-state index contributed by atoms with van der Waals surface area (Å²) >= 11 is 0. The molecule has 1 N–H and O–H groups in total. The van der Waals surface area contributed by atoms with Gasteiger partial charge in [0.2, 0.25) is 0 Å². The minimum atomic E-state index is -0.611. The molecular formula is C23H22N2O7. The first-order valence-electron chi connectivity index (χ1n) is 10.0. The van der Waals surface area contributed by atoms with Crippen LogP contribution in [0.1, 0.15) is 27.4 Å². The van der Waals surface area contributed by atoms with Gasteiger partial charge < -0.3 is 28.8 Å². The Morgan fingerprint density at radius 1 is 1.03 bits per heavy atom. The summed E-state index contributed by atoms with van der Waals surface area (Å²) in [5.41, 5.74) is 2.49. The van der Waals surface area contributed by atoms with E-state index in [2.05, 4.69) is 10.5 Å². The molecule has 2 heterocycles. The van der Waals surface area contributed by atoms with E-state index in [1.54, 1.807) is 42.5 Å². The Morgan fingerprint density at radius 2 is 1.78 bits per heavy atom. The molecule has 0 atom stereocenters. The number of carbonyl (C=O) groups is 2. The van der Waals surface area contributed by atoms with Crippen molar-refractivity contribution >= 4 is 17.6 Å². The number of nitrogens with one attached hydrogen (secondary N) is 1. The van der Waals surface area contributed by atoms with E-state index in [0.717, 1.165) is 11.3 Å². The molecule has 1 aliphatic rings. The second kappa shape index (κ2) is 9.42. The van der Waals surface area contributed by atoms with Gasteiger partial charge >= 0.3 is 5.97 Å². The van der Waals surface area contributed by atoms with E-state index >= 15 is 0 Å². The number of hydrogen-bond donors (Lipinski definition) is 1. The highest BCUT2D eigenvalue weighted by Gasteiger charge is 2.15. The summed E-state index contributed by atoms with van der Waals surface area (Å²) in [6.07, 6.45) is 0. The topological polar surface area (TPSA) is 109 Å². The van der Waals surface area contributed by atoms with Crippen LogP contribution in [0.25, 0.3) is 0 Å². The zero-order valence-electron chi connectivity index (χ0n) is 17.7. The van der Waals surface area contributed by atoms with Crippen LogP contribution in [-0.2, 0) is 16.1 Å². The zero-order valence-corrected chi connectivity index (χ0v) is 17.7. The van der Waals surface area contributed by atoms with Crippen LogP contribution in [0, 0.1) is 13.8 Å². The normalized spacial score (nSPS) is 12.2. The monoisotopic (exact) mass is 438 g/mol. The number of aromatic nitrogens is 1. The molecule has 1 aliphatic heterocycles. The first kappa shape index (κ1) is 21.2. The summed E-state index contributed by atoms with van der Waals surface area (Å²) in [6.45, 7) is 4.50. The summed E-state index contributed by atoms with van der Waals surface area (Å²) < 4.78 is 26.8. The highest BCUT2D eigenvalue weighted by atomic mass is 16.6. The van der Waals surface area contributed by atoms with E-state index in [1.807, 2.05) is 13.8 Å². The van der Waals surface area contributed by atoms with Gasteiger partial charge in [-0.1, -0.05) is 5.16 Å². The molecule has 0 saturated carbocycles. The van der Waals surface area contributed by atoms with Crippen molar-refractivity contribution in [2.75, 3.05) is 25.1 Å². The number of hydrogen-bond acceptors (Lipinski definition) is 8. The molecule has 1 amide bonds. The van der Waals surface area contributed by atoms with Crippen molar-refractivity contribution in [2.45, 2.75) is 20.5 Å². The lowest BCUT2D eigenvalue weighted by Crippen LogP contribution is -2.21. The van der Waals surface area contributed by atoms with Crippen LogP contribution in [0.3, 0.4) is 0 Å². The van der Waals surface area contributed by atoms with Crippen LogP contribution in [0.4, 0.5) is 5.69 Å². The van der Waals surface area contributed by atoms with Crippen LogP contribution in [0.2, 0.25) is 0 Å². The molecule has 0 aliphatic carbocycles. The molecule has 166 valence electrons. The molecule has 4 rings (SSSR count). The third-order valence-corrected chi connectivity index (χ3v) is 4.81. The molecule has 0 saturated heterocycles. The molecule has 0 unspecified atom stereocenters. The summed E-state index contributed by atoms with van der Waals surface area (Å²) in [4.78, 5) is 24.4. The average Bonchev–Trinajstić information content (AvgIpc) is 3.13. The van der Waals surface area contributed by atoms with Gasteiger partial charge in [-0.25, -0.2) is 4.79 Å². The smallest absolute Gasteiger partial charge is 0.338 e.